The summed E-state index contributed by atoms with van der Waals surface area (Å²) in [5, 5.41) is 2.84. The molecule has 0 spiro atoms. The van der Waals surface area contributed by atoms with E-state index in [0.29, 0.717) is 6.54 Å². The zero-order valence-electron chi connectivity index (χ0n) is 8.38. The third-order valence-corrected chi connectivity index (χ3v) is 2.26. The van der Waals surface area contributed by atoms with Gasteiger partial charge in [-0.2, -0.15) is 0 Å². The van der Waals surface area contributed by atoms with Crippen molar-refractivity contribution in [2.45, 2.75) is 18.9 Å². The molecule has 1 rings (SSSR count). The van der Waals surface area contributed by atoms with Crippen LogP contribution < -0.4 is 5.32 Å². The fourth-order valence-corrected chi connectivity index (χ4v) is 1.48. The number of hydrogen-bond acceptors (Lipinski definition) is 3. The van der Waals surface area contributed by atoms with Crippen LogP contribution in [0.25, 0.3) is 0 Å². The molecule has 1 aliphatic heterocycles. The summed E-state index contributed by atoms with van der Waals surface area (Å²) in [5.41, 5.74) is 0. The van der Waals surface area contributed by atoms with Crippen LogP contribution >= 0.6 is 0 Å². The zero-order chi connectivity index (χ0) is 9.68. The molecule has 0 saturated carbocycles. The van der Waals surface area contributed by atoms with Crippen molar-refractivity contribution >= 4 is 5.91 Å². The number of rotatable bonds is 4. The number of amides is 1. The van der Waals surface area contributed by atoms with Gasteiger partial charge in [-0.1, -0.05) is 0 Å². The van der Waals surface area contributed by atoms with Gasteiger partial charge in [0.15, 0.2) is 0 Å². The first-order valence-corrected chi connectivity index (χ1v) is 4.74. The maximum Gasteiger partial charge on any atom is 0.236 e. The van der Waals surface area contributed by atoms with E-state index in [9.17, 15) is 4.79 Å². The summed E-state index contributed by atoms with van der Waals surface area (Å²) < 4.78 is 5.44. The summed E-state index contributed by atoms with van der Waals surface area (Å²) >= 11 is 0. The minimum Gasteiger partial charge on any atom is -0.376 e. The van der Waals surface area contributed by atoms with Crippen LogP contribution in [-0.4, -0.2) is 50.7 Å². The van der Waals surface area contributed by atoms with Gasteiger partial charge in [0.2, 0.25) is 5.91 Å². The van der Waals surface area contributed by atoms with Gasteiger partial charge in [0.1, 0.15) is 0 Å². The molecule has 13 heavy (non-hydrogen) atoms. The van der Waals surface area contributed by atoms with Crippen molar-refractivity contribution in [3.8, 4) is 0 Å². The molecule has 1 unspecified atom stereocenters. The lowest BCUT2D eigenvalue weighted by Gasteiger charge is -2.20. The summed E-state index contributed by atoms with van der Waals surface area (Å²) in [7, 11) is 3.60. The van der Waals surface area contributed by atoms with E-state index >= 15 is 0 Å². The number of carbonyl (C=O) groups is 1. The predicted octanol–water partition coefficient (Wildman–Crippen LogP) is -0.157. The lowest BCUT2D eigenvalue weighted by molar-refractivity contribution is -0.130. The van der Waals surface area contributed by atoms with E-state index < -0.39 is 0 Å². The Labute approximate surface area is 79.2 Å². The molecule has 1 heterocycles. The van der Waals surface area contributed by atoms with E-state index in [1.165, 1.54) is 0 Å². The van der Waals surface area contributed by atoms with Gasteiger partial charge in [-0.3, -0.25) is 4.79 Å². The van der Waals surface area contributed by atoms with Gasteiger partial charge in [-0.15, -0.1) is 0 Å². The van der Waals surface area contributed by atoms with Crippen molar-refractivity contribution in [3.05, 3.63) is 0 Å². The maximum absolute atomic E-state index is 11.3. The lowest BCUT2D eigenvalue weighted by atomic mass is 10.2. The molecular formula is C9H18N2O2. The molecule has 4 heteroatoms. The molecule has 0 bridgehead atoms. The molecule has 0 aromatic carbocycles. The third-order valence-electron chi connectivity index (χ3n) is 2.26. The van der Waals surface area contributed by atoms with Crippen molar-refractivity contribution < 1.29 is 9.53 Å². The van der Waals surface area contributed by atoms with Gasteiger partial charge in [-0.05, 0) is 19.9 Å². The number of carbonyl (C=O) groups excluding carboxylic acids is 1. The van der Waals surface area contributed by atoms with E-state index in [1.807, 2.05) is 7.05 Å². The second-order valence-electron chi connectivity index (χ2n) is 3.44. The summed E-state index contributed by atoms with van der Waals surface area (Å²) in [5.74, 6) is 0.123. The SMILES string of the molecule is CNCC(=O)N(C)CC1CCCO1. The first-order valence-electron chi connectivity index (χ1n) is 4.74. The molecule has 1 saturated heterocycles. The second-order valence-corrected chi connectivity index (χ2v) is 3.44. The van der Waals surface area contributed by atoms with Gasteiger partial charge in [0.25, 0.3) is 0 Å². The minimum atomic E-state index is 0.123. The van der Waals surface area contributed by atoms with Crippen LogP contribution in [-0.2, 0) is 9.53 Å². The van der Waals surface area contributed by atoms with Crippen LogP contribution in [0.2, 0.25) is 0 Å². The third kappa shape index (κ3) is 3.32. The summed E-state index contributed by atoms with van der Waals surface area (Å²) in [6.45, 7) is 1.97. The fourth-order valence-electron chi connectivity index (χ4n) is 1.48. The van der Waals surface area contributed by atoms with Gasteiger partial charge in [0, 0.05) is 20.2 Å². The Bertz CT molecular complexity index is 167. The molecule has 1 N–H and O–H groups in total. The van der Waals surface area contributed by atoms with Crippen LogP contribution in [0.3, 0.4) is 0 Å². The van der Waals surface area contributed by atoms with E-state index in [1.54, 1.807) is 11.9 Å². The second kappa shape index (κ2) is 5.19. The topological polar surface area (TPSA) is 41.6 Å². The van der Waals surface area contributed by atoms with E-state index in [-0.39, 0.29) is 12.0 Å². The van der Waals surface area contributed by atoms with E-state index in [0.717, 1.165) is 26.0 Å². The Balaban J connectivity index is 2.22. The van der Waals surface area contributed by atoms with Crippen LogP contribution in [0, 0.1) is 0 Å². The number of nitrogens with zero attached hydrogens (tertiary/aromatic N) is 1. The molecule has 0 aliphatic carbocycles. The molecule has 0 aromatic rings. The summed E-state index contributed by atoms with van der Waals surface area (Å²) in [6, 6.07) is 0. The summed E-state index contributed by atoms with van der Waals surface area (Å²) in [6.07, 6.45) is 2.46. The Morgan fingerprint density at radius 2 is 2.46 bits per heavy atom. The van der Waals surface area contributed by atoms with Gasteiger partial charge in [-0.25, -0.2) is 0 Å². The van der Waals surface area contributed by atoms with Crippen molar-refractivity contribution in [1.29, 1.82) is 0 Å². The smallest absolute Gasteiger partial charge is 0.236 e. The molecule has 76 valence electrons. The van der Waals surface area contributed by atoms with E-state index in [2.05, 4.69) is 5.32 Å². The van der Waals surface area contributed by atoms with E-state index in [4.69, 9.17) is 4.74 Å². The van der Waals surface area contributed by atoms with Crippen LogP contribution in [0.15, 0.2) is 0 Å². The number of hydrogen-bond donors (Lipinski definition) is 1. The van der Waals surface area contributed by atoms with Gasteiger partial charge in [0.05, 0.1) is 12.6 Å². The zero-order valence-corrected chi connectivity index (χ0v) is 8.38. The fraction of sp³-hybridized carbons (Fsp3) is 0.889. The standard InChI is InChI=1S/C9H18N2O2/c1-10-6-9(12)11(2)7-8-4-3-5-13-8/h8,10H,3-7H2,1-2H3. The molecule has 1 atom stereocenters. The number of ether oxygens (including phenoxy) is 1. The lowest BCUT2D eigenvalue weighted by Crippen LogP contribution is -2.38. The highest BCUT2D eigenvalue weighted by Crippen LogP contribution is 2.12. The molecular weight excluding hydrogens is 168 g/mol. The number of likely N-dealkylation sites (N-methyl/N-ethyl adjacent to an activating group) is 2. The monoisotopic (exact) mass is 186 g/mol. The highest BCUT2D eigenvalue weighted by molar-refractivity contribution is 5.77. The normalized spacial score (nSPS) is 21.8. The van der Waals surface area contributed by atoms with Crippen molar-refractivity contribution in [2.75, 3.05) is 33.8 Å². The van der Waals surface area contributed by atoms with Crippen LogP contribution in [0.4, 0.5) is 0 Å². The van der Waals surface area contributed by atoms with Gasteiger partial charge < -0.3 is 15.0 Å². The first kappa shape index (κ1) is 10.5. The largest absolute Gasteiger partial charge is 0.376 e. The van der Waals surface area contributed by atoms with Crippen LogP contribution in [0.5, 0.6) is 0 Å². The highest BCUT2D eigenvalue weighted by Gasteiger charge is 2.19. The predicted molar refractivity (Wildman–Crippen MR) is 50.5 cm³/mol. The first-order chi connectivity index (χ1) is 6.24. The van der Waals surface area contributed by atoms with Crippen molar-refractivity contribution in [3.63, 3.8) is 0 Å². The number of nitrogens with one attached hydrogen (secondary N) is 1. The minimum absolute atomic E-state index is 0.123. The summed E-state index contributed by atoms with van der Waals surface area (Å²) in [4.78, 5) is 13.1. The molecule has 0 radical (unpaired) electrons. The molecule has 1 aliphatic rings. The molecule has 1 amide bonds. The van der Waals surface area contributed by atoms with Gasteiger partial charge >= 0.3 is 0 Å². The van der Waals surface area contributed by atoms with Crippen molar-refractivity contribution in [2.24, 2.45) is 0 Å². The molecule has 0 aromatic heterocycles. The Morgan fingerprint density at radius 3 is 3.00 bits per heavy atom. The van der Waals surface area contributed by atoms with Crippen molar-refractivity contribution in [1.82, 2.24) is 10.2 Å². The average Bonchev–Trinajstić information content (AvgIpc) is 2.57. The Hall–Kier alpha value is -0.610. The maximum atomic E-state index is 11.3. The molecule has 1 fully saturated rings. The van der Waals surface area contributed by atoms with Crippen LogP contribution in [0.1, 0.15) is 12.8 Å². The quantitative estimate of drug-likeness (QED) is 0.663. The average molecular weight is 186 g/mol. The Morgan fingerprint density at radius 1 is 1.69 bits per heavy atom. The molecule has 4 nitrogen and oxygen atoms in total. The Kier molecular flexibility index (Phi) is 4.18. The highest BCUT2D eigenvalue weighted by atomic mass is 16.5.